The van der Waals surface area contributed by atoms with Gasteiger partial charge in [0.25, 0.3) is 0 Å². The van der Waals surface area contributed by atoms with E-state index in [1.54, 1.807) is 42.5 Å². The van der Waals surface area contributed by atoms with Crippen LogP contribution in [0.3, 0.4) is 0 Å². The van der Waals surface area contributed by atoms with E-state index in [9.17, 15) is 9.59 Å². The van der Waals surface area contributed by atoms with Crippen LogP contribution >= 0.6 is 0 Å². The van der Waals surface area contributed by atoms with Crippen molar-refractivity contribution in [3.63, 3.8) is 0 Å². The molecule has 1 aromatic heterocycles. The second kappa shape index (κ2) is 6.85. The minimum atomic E-state index is -0.557. The monoisotopic (exact) mass is 331 g/mol. The van der Waals surface area contributed by atoms with E-state index < -0.39 is 11.6 Å². The molecule has 5 nitrogen and oxygen atoms in total. The van der Waals surface area contributed by atoms with E-state index in [0.29, 0.717) is 11.1 Å². The molecule has 0 amide bonds. The van der Waals surface area contributed by atoms with Crippen molar-refractivity contribution < 1.29 is 13.9 Å². The molecule has 0 atom stereocenters. The van der Waals surface area contributed by atoms with Crippen molar-refractivity contribution in [2.24, 2.45) is 0 Å². The van der Waals surface area contributed by atoms with Crippen molar-refractivity contribution in [1.29, 1.82) is 5.26 Å². The molecular weight excluding hydrogens is 318 g/mol. The van der Waals surface area contributed by atoms with E-state index >= 15 is 0 Å². The van der Waals surface area contributed by atoms with Gasteiger partial charge in [-0.15, -0.1) is 0 Å². The van der Waals surface area contributed by atoms with Gasteiger partial charge in [-0.3, -0.25) is 0 Å². The summed E-state index contributed by atoms with van der Waals surface area (Å²) in [5, 5.41) is 9.54. The molecule has 0 aliphatic rings. The van der Waals surface area contributed by atoms with Crippen molar-refractivity contribution in [3.05, 3.63) is 81.7 Å². The number of nitrogens with zero attached hydrogens (tertiary/aromatic N) is 1. The molecule has 0 bridgehead atoms. The molecule has 122 valence electrons. The number of hydrogen-bond donors (Lipinski definition) is 0. The molecule has 0 fully saturated rings. The number of nitriles is 1. The molecule has 0 spiro atoms. The highest BCUT2D eigenvalue weighted by atomic mass is 16.5. The van der Waals surface area contributed by atoms with Crippen molar-refractivity contribution in [2.45, 2.75) is 6.92 Å². The molecule has 0 radical (unpaired) electrons. The first-order valence-corrected chi connectivity index (χ1v) is 7.50. The summed E-state index contributed by atoms with van der Waals surface area (Å²) in [6.45, 7) is 1.81. The molecule has 0 N–H and O–H groups in total. The summed E-state index contributed by atoms with van der Waals surface area (Å²) in [5.41, 5.74) is 2.04. The van der Waals surface area contributed by atoms with Crippen molar-refractivity contribution >= 4 is 23.0 Å². The number of hydrogen-bond acceptors (Lipinski definition) is 5. The molecule has 3 aromatic rings. The van der Waals surface area contributed by atoms with Crippen LogP contribution in [0.25, 0.3) is 17.0 Å². The first-order valence-electron chi connectivity index (χ1n) is 7.50. The Morgan fingerprint density at radius 2 is 1.92 bits per heavy atom. The lowest BCUT2D eigenvalue weighted by atomic mass is 10.1. The van der Waals surface area contributed by atoms with Gasteiger partial charge in [0.15, 0.2) is 0 Å². The topological polar surface area (TPSA) is 80.3 Å². The quantitative estimate of drug-likeness (QED) is 0.317. The Morgan fingerprint density at radius 1 is 1.16 bits per heavy atom. The lowest BCUT2D eigenvalue weighted by molar-refractivity contribution is -0.128. The van der Waals surface area contributed by atoms with Gasteiger partial charge in [0.05, 0.1) is 11.6 Å². The lowest BCUT2D eigenvalue weighted by Crippen LogP contribution is -2.04. The minimum Gasteiger partial charge on any atom is -0.423 e. The second-order valence-corrected chi connectivity index (χ2v) is 5.39. The Labute approximate surface area is 143 Å². The molecule has 1 heterocycles. The first-order chi connectivity index (χ1) is 12.0. The molecule has 0 saturated heterocycles. The first kappa shape index (κ1) is 16.2. The summed E-state index contributed by atoms with van der Waals surface area (Å²) in [7, 11) is 0. The Hall–Kier alpha value is -3.65. The van der Waals surface area contributed by atoms with Gasteiger partial charge in [-0.25, -0.2) is 9.59 Å². The third-order valence-electron chi connectivity index (χ3n) is 3.59. The predicted molar refractivity (Wildman–Crippen MR) is 93.0 cm³/mol. The maximum atomic E-state index is 11.9. The van der Waals surface area contributed by atoms with Crippen molar-refractivity contribution in [1.82, 2.24) is 0 Å². The number of benzene rings is 2. The van der Waals surface area contributed by atoms with Crippen molar-refractivity contribution in [2.75, 3.05) is 0 Å². The number of ether oxygens (including phenoxy) is 1. The molecule has 2 aromatic carbocycles. The molecule has 5 heteroatoms. The van der Waals surface area contributed by atoms with Crippen LogP contribution in [0, 0.1) is 18.3 Å². The fourth-order valence-corrected chi connectivity index (χ4v) is 2.35. The van der Waals surface area contributed by atoms with E-state index in [2.05, 4.69) is 0 Å². The van der Waals surface area contributed by atoms with E-state index in [0.717, 1.165) is 16.5 Å². The highest BCUT2D eigenvalue weighted by molar-refractivity contribution is 5.89. The number of carbonyl (C=O) groups excluding carboxylic acids is 1. The standard InChI is InChI=1S/C20H13NO4/c1-13-10-20(23)25-18-11-16(7-8-17(13)18)24-19(22)9-6-14-2-4-15(12-21)5-3-14/h2-11H,1H3/b9-6+. The Bertz CT molecular complexity index is 1070. The number of rotatable bonds is 3. The maximum Gasteiger partial charge on any atom is 0.336 e. The largest absolute Gasteiger partial charge is 0.423 e. The van der Waals surface area contributed by atoms with Crippen LogP contribution in [0.5, 0.6) is 5.75 Å². The fourth-order valence-electron chi connectivity index (χ4n) is 2.35. The number of carbonyl (C=O) groups is 1. The Kier molecular flexibility index (Phi) is 4.44. The number of aryl methyl sites for hydroxylation is 1. The summed E-state index contributed by atoms with van der Waals surface area (Å²) in [6, 6.07) is 15.1. The summed E-state index contributed by atoms with van der Waals surface area (Å²) in [6.07, 6.45) is 2.88. The molecule has 25 heavy (non-hydrogen) atoms. The number of esters is 1. The molecule has 0 aliphatic carbocycles. The molecule has 0 saturated carbocycles. The second-order valence-electron chi connectivity index (χ2n) is 5.39. The molecular formula is C20H13NO4. The van der Waals surface area contributed by atoms with Crippen LogP contribution in [0.4, 0.5) is 0 Å². The van der Waals surface area contributed by atoms with Crippen LogP contribution in [0.1, 0.15) is 16.7 Å². The van der Waals surface area contributed by atoms with Gasteiger partial charge in [-0.1, -0.05) is 12.1 Å². The normalized spacial score (nSPS) is 10.7. The highest BCUT2D eigenvalue weighted by Gasteiger charge is 2.06. The van der Waals surface area contributed by atoms with E-state index in [-0.39, 0.29) is 5.75 Å². The van der Waals surface area contributed by atoms with E-state index in [1.807, 2.05) is 13.0 Å². The van der Waals surface area contributed by atoms with E-state index in [4.69, 9.17) is 14.4 Å². The third-order valence-corrected chi connectivity index (χ3v) is 3.59. The average molecular weight is 331 g/mol. The smallest absolute Gasteiger partial charge is 0.336 e. The van der Waals surface area contributed by atoms with Crippen molar-refractivity contribution in [3.8, 4) is 11.8 Å². The van der Waals surface area contributed by atoms with E-state index in [1.165, 1.54) is 18.2 Å². The zero-order chi connectivity index (χ0) is 17.8. The predicted octanol–water partition coefficient (Wildman–Crippen LogP) is 3.59. The van der Waals surface area contributed by atoms with Gasteiger partial charge in [0, 0.05) is 23.6 Å². The van der Waals surface area contributed by atoms with Crippen LogP contribution in [-0.4, -0.2) is 5.97 Å². The van der Waals surface area contributed by atoms with Crippen LogP contribution in [-0.2, 0) is 4.79 Å². The molecule has 0 unspecified atom stereocenters. The molecule has 3 rings (SSSR count). The highest BCUT2D eigenvalue weighted by Crippen LogP contribution is 2.22. The van der Waals surface area contributed by atoms with Gasteiger partial charge >= 0.3 is 11.6 Å². The maximum absolute atomic E-state index is 11.9. The summed E-state index contributed by atoms with van der Waals surface area (Å²) >= 11 is 0. The van der Waals surface area contributed by atoms with Gasteiger partial charge in [0.1, 0.15) is 11.3 Å². The fraction of sp³-hybridized carbons (Fsp3) is 0.0500. The molecule has 0 aliphatic heterocycles. The average Bonchev–Trinajstić information content (AvgIpc) is 2.60. The summed E-state index contributed by atoms with van der Waals surface area (Å²) in [4.78, 5) is 23.4. The third kappa shape index (κ3) is 3.82. The van der Waals surface area contributed by atoms with Crippen LogP contribution in [0.2, 0.25) is 0 Å². The number of fused-ring (bicyclic) bond motifs is 1. The minimum absolute atomic E-state index is 0.288. The van der Waals surface area contributed by atoms with Gasteiger partial charge in [0.2, 0.25) is 0 Å². The summed E-state index contributed by atoms with van der Waals surface area (Å²) in [5.74, 6) is -0.269. The lowest BCUT2D eigenvalue weighted by Gasteiger charge is -2.04. The van der Waals surface area contributed by atoms with Crippen LogP contribution < -0.4 is 10.4 Å². The Morgan fingerprint density at radius 3 is 2.64 bits per heavy atom. The zero-order valence-corrected chi connectivity index (χ0v) is 13.4. The van der Waals surface area contributed by atoms with Gasteiger partial charge in [-0.2, -0.15) is 5.26 Å². The summed E-state index contributed by atoms with van der Waals surface area (Å²) < 4.78 is 10.4. The Balaban J connectivity index is 1.76. The van der Waals surface area contributed by atoms with Gasteiger partial charge in [-0.05, 0) is 48.4 Å². The zero-order valence-electron chi connectivity index (χ0n) is 13.4. The SMILES string of the molecule is Cc1cc(=O)oc2cc(OC(=O)/C=C/c3ccc(C#N)cc3)ccc12. The van der Waals surface area contributed by atoms with Gasteiger partial charge < -0.3 is 9.15 Å². The van der Waals surface area contributed by atoms with Crippen LogP contribution in [0.15, 0.2) is 63.8 Å².